The maximum atomic E-state index is 13.1. The number of benzene rings is 1. The Morgan fingerprint density at radius 1 is 1.29 bits per heavy atom. The van der Waals surface area contributed by atoms with E-state index in [0.717, 1.165) is 6.07 Å². The molecule has 3 nitrogen and oxygen atoms in total. The Hall–Kier alpha value is -2.23. The van der Waals surface area contributed by atoms with Crippen LogP contribution in [0.2, 0.25) is 0 Å². The summed E-state index contributed by atoms with van der Waals surface area (Å²) < 4.78 is 13.1. The molecular formula is C13H10FNO2. The van der Waals surface area contributed by atoms with Gasteiger partial charge in [-0.15, -0.1) is 0 Å². The predicted octanol–water partition coefficient (Wildman–Crippen LogP) is 2.51. The zero-order valence-electron chi connectivity index (χ0n) is 8.93. The van der Waals surface area contributed by atoms with Crippen molar-refractivity contribution in [2.75, 3.05) is 0 Å². The average Bonchev–Trinajstić information content (AvgIpc) is 2.30. The minimum Gasteiger partial charge on any atom is -0.478 e. The van der Waals surface area contributed by atoms with Crippen LogP contribution in [0.25, 0.3) is 0 Å². The fourth-order valence-corrected chi connectivity index (χ4v) is 1.62. The second-order valence-corrected chi connectivity index (χ2v) is 3.60. The second kappa shape index (κ2) is 4.74. The topological polar surface area (TPSA) is 50.2 Å². The van der Waals surface area contributed by atoms with Crippen LogP contribution in [0.1, 0.15) is 21.6 Å². The standard InChI is InChI=1S/C13H10FNO2/c14-10-4-5-12(13(16)17)9(7-10)8-11-3-1-2-6-15-11/h1-7H,8H2,(H,16,17). The zero-order chi connectivity index (χ0) is 12.3. The van der Waals surface area contributed by atoms with Crippen LogP contribution in [0.3, 0.4) is 0 Å². The van der Waals surface area contributed by atoms with Crippen molar-refractivity contribution in [1.82, 2.24) is 4.98 Å². The fraction of sp³-hybridized carbons (Fsp3) is 0.0769. The number of aromatic carboxylic acids is 1. The number of hydrogen-bond donors (Lipinski definition) is 1. The highest BCUT2D eigenvalue weighted by molar-refractivity contribution is 5.89. The normalized spacial score (nSPS) is 10.2. The molecule has 1 N–H and O–H groups in total. The van der Waals surface area contributed by atoms with Gasteiger partial charge in [0.15, 0.2) is 0 Å². The van der Waals surface area contributed by atoms with Crippen LogP contribution in [0, 0.1) is 5.82 Å². The van der Waals surface area contributed by atoms with Crippen molar-refractivity contribution >= 4 is 5.97 Å². The van der Waals surface area contributed by atoms with Crippen molar-refractivity contribution in [2.45, 2.75) is 6.42 Å². The Morgan fingerprint density at radius 2 is 2.12 bits per heavy atom. The first-order valence-corrected chi connectivity index (χ1v) is 5.08. The van der Waals surface area contributed by atoms with Crippen molar-refractivity contribution in [3.63, 3.8) is 0 Å². The highest BCUT2D eigenvalue weighted by Gasteiger charge is 2.11. The van der Waals surface area contributed by atoms with Gasteiger partial charge in [-0.25, -0.2) is 9.18 Å². The van der Waals surface area contributed by atoms with Gasteiger partial charge >= 0.3 is 5.97 Å². The minimum atomic E-state index is -1.06. The molecule has 4 heteroatoms. The molecule has 2 rings (SSSR count). The summed E-state index contributed by atoms with van der Waals surface area (Å²) in [5, 5.41) is 8.99. The summed E-state index contributed by atoms with van der Waals surface area (Å²) >= 11 is 0. The van der Waals surface area contributed by atoms with Crippen LogP contribution in [0.4, 0.5) is 4.39 Å². The first-order valence-electron chi connectivity index (χ1n) is 5.08. The monoisotopic (exact) mass is 231 g/mol. The van der Waals surface area contributed by atoms with Crippen molar-refractivity contribution in [1.29, 1.82) is 0 Å². The first kappa shape index (κ1) is 11.3. The van der Waals surface area contributed by atoms with Gasteiger partial charge in [-0.2, -0.15) is 0 Å². The van der Waals surface area contributed by atoms with E-state index in [4.69, 9.17) is 5.11 Å². The summed E-state index contributed by atoms with van der Waals surface area (Å²) in [7, 11) is 0. The largest absolute Gasteiger partial charge is 0.478 e. The van der Waals surface area contributed by atoms with Crippen LogP contribution in [0.5, 0.6) is 0 Å². The van der Waals surface area contributed by atoms with E-state index in [1.807, 2.05) is 6.07 Å². The summed E-state index contributed by atoms with van der Waals surface area (Å²) in [6.07, 6.45) is 1.93. The van der Waals surface area contributed by atoms with Gasteiger partial charge in [0.2, 0.25) is 0 Å². The van der Waals surface area contributed by atoms with Crippen molar-refractivity contribution in [3.8, 4) is 0 Å². The van der Waals surface area contributed by atoms with Crippen LogP contribution in [-0.4, -0.2) is 16.1 Å². The molecule has 1 aromatic carbocycles. The lowest BCUT2D eigenvalue weighted by molar-refractivity contribution is 0.0696. The Morgan fingerprint density at radius 3 is 2.76 bits per heavy atom. The van der Waals surface area contributed by atoms with E-state index < -0.39 is 11.8 Å². The van der Waals surface area contributed by atoms with E-state index in [2.05, 4.69) is 4.98 Å². The molecule has 1 aromatic heterocycles. The average molecular weight is 231 g/mol. The molecular weight excluding hydrogens is 221 g/mol. The quantitative estimate of drug-likeness (QED) is 0.882. The summed E-state index contributed by atoms with van der Waals surface area (Å²) in [6.45, 7) is 0. The van der Waals surface area contributed by atoms with Gasteiger partial charge in [-0.1, -0.05) is 6.07 Å². The molecule has 0 amide bonds. The Kier molecular flexibility index (Phi) is 3.14. The lowest BCUT2D eigenvalue weighted by Crippen LogP contribution is -2.04. The third kappa shape index (κ3) is 2.66. The number of aromatic nitrogens is 1. The fourth-order valence-electron chi connectivity index (χ4n) is 1.62. The molecule has 0 fully saturated rings. The highest BCUT2D eigenvalue weighted by atomic mass is 19.1. The molecule has 0 spiro atoms. The van der Waals surface area contributed by atoms with Gasteiger partial charge in [0.05, 0.1) is 5.56 Å². The molecule has 0 aliphatic rings. The van der Waals surface area contributed by atoms with Crippen LogP contribution in [0.15, 0.2) is 42.6 Å². The number of carboxylic acids is 1. The van der Waals surface area contributed by atoms with E-state index in [9.17, 15) is 9.18 Å². The molecule has 0 aliphatic carbocycles. The van der Waals surface area contributed by atoms with Crippen molar-refractivity contribution < 1.29 is 14.3 Å². The number of halogens is 1. The van der Waals surface area contributed by atoms with Crippen molar-refractivity contribution in [2.24, 2.45) is 0 Å². The third-order valence-electron chi connectivity index (χ3n) is 2.40. The zero-order valence-corrected chi connectivity index (χ0v) is 8.93. The van der Waals surface area contributed by atoms with E-state index >= 15 is 0 Å². The number of carbonyl (C=O) groups is 1. The Bertz CT molecular complexity index is 540. The van der Waals surface area contributed by atoms with Gasteiger partial charge in [0, 0.05) is 18.3 Å². The van der Waals surface area contributed by atoms with Gasteiger partial charge in [0.25, 0.3) is 0 Å². The molecule has 86 valence electrons. The highest BCUT2D eigenvalue weighted by Crippen LogP contribution is 2.15. The molecule has 0 atom stereocenters. The number of nitrogens with zero attached hydrogens (tertiary/aromatic N) is 1. The molecule has 2 aromatic rings. The number of rotatable bonds is 3. The number of pyridine rings is 1. The number of carboxylic acid groups (broad SMARTS) is 1. The van der Waals surface area contributed by atoms with Gasteiger partial charge < -0.3 is 5.11 Å². The maximum absolute atomic E-state index is 13.1. The first-order chi connectivity index (χ1) is 8.16. The summed E-state index contributed by atoms with van der Waals surface area (Å²) in [5.41, 5.74) is 1.24. The molecule has 0 radical (unpaired) electrons. The van der Waals surface area contributed by atoms with Crippen LogP contribution < -0.4 is 0 Å². The SMILES string of the molecule is O=C(O)c1ccc(F)cc1Cc1ccccn1. The molecule has 17 heavy (non-hydrogen) atoms. The summed E-state index contributed by atoms with van der Waals surface area (Å²) in [4.78, 5) is 15.1. The van der Waals surface area contributed by atoms with Gasteiger partial charge in [0.1, 0.15) is 5.82 Å². The maximum Gasteiger partial charge on any atom is 0.335 e. The molecule has 0 saturated heterocycles. The van der Waals surface area contributed by atoms with E-state index in [0.29, 0.717) is 17.7 Å². The molecule has 0 unspecified atom stereocenters. The predicted molar refractivity (Wildman–Crippen MR) is 60.4 cm³/mol. The van der Waals surface area contributed by atoms with E-state index in [1.165, 1.54) is 12.1 Å². The lowest BCUT2D eigenvalue weighted by atomic mass is 10.0. The van der Waals surface area contributed by atoms with Gasteiger partial charge in [-0.05, 0) is 35.9 Å². The smallest absolute Gasteiger partial charge is 0.335 e. The Labute approximate surface area is 97.6 Å². The lowest BCUT2D eigenvalue weighted by Gasteiger charge is -2.05. The second-order valence-electron chi connectivity index (χ2n) is 3.60. The van der Waals surface area contributed by atoms with E-state index in [-0.39, 0.29) is 5.56 Å². The molecule has 0 saturated carbocycles. The van der Waals surface area contributed by atoms with Gasteiger partial charge in [-0.3, -0.25) is 4.98 Å². The molecule has 0 bridgehead atoms. The third-order valence-corrected chi connectivity index (χ3v) is 2.40. The summed E-state index contributed by atoms with van der Waals surface area (Å²) in [6, 6.07) is 9.01. The minimum absolute atomic E-state index is 0.108. The van der Waals surface area contributed by atoms with Crippen LogP contribution >= 0.6 is 0 Å². The van der Waals surface area contributed by atoms with E-state index in [1.54, 1.807) is 18.3 Å². The Balaban J connectivity index is 2.37. The molecule has 0 aliphatic heterocycles. The van der Waals surface area contributed by atoms with Crippen molar-refractivity contribution in [3.05, 3.63) is 65.2 Å². The number of hydrogen-bond acceptors (Lipinski definition) is 2. The summed E-state index contributed by atoms with van der Waals surface area (Å²) in [5.74, 6) is -1.50. The molecule has 1 heterocycles. The van der Waals surface area contributed by atoms with Crippen LogP contribution in [-0.2, 0) is 6.42 Å².